The van der Waals surface area contributed by atoms with Crippen LogP contribution in [0.4, 0.5) is 0 Å². The van der Waals surface area contributed by atoms with Crippen LogP contribution in [0, 0.1) is 0 Å². The summed E-state index contributed by atoms with van der Waals surface area (Å²) >= 11 is 0. The Morgan fingerprint density at radius 2 is 1.17 bits per heavy atom. The van der Waals surface area contributed by atoms with Crippen molar-refractivity contribution in [3.05, 3.63) is 188 Å². The minimum atomic E-state index is 0.596. The van der Waals surface area contributed by atoms with Gasteiger partial charge in [0.1, 0.15) is 5.52 Å². The highest BCUT2D eigenvalue weighted by Gasteiger charge is 2.17. The van der Waals surface area contributed by atoms with E-state index in [4.69, 9.17) is 9.40 Å². The van der Waals surface area contributed by atoms with Crippen LogP contribution in [0.3, 0.4) is 0 Å². The predicted molar refractivity (Wildman–Crippen MR) is 218 cm³/mol. The van der Waals surface area contributed by atoms with Gasteiger partial charge in [0.2, 0.25) is 5.89 Å². The molecule has 8 rings (SSSR count). The fourth-order valence-electron chi connectivity index (χ4n) is 6.81. The van der Waals surface area contributed by atoms with Gasteiger partial charge in [0, 0.05) is 29.1 Å². The van der Waals surface area contributed by atoms with Crippen LogP contribution in [0.2, 0.25) is 0 Å². The third kappa shape index (κ3) is 6.77. The lowest BCUT2D eigenvalue weighted by Crippen LogP contribution is -1.87. The van der Waals surface area contributed by atoms with Gasteiger partial charge in [-0.25, -0.2) is 4.98 Å². The summed E-state index contributed by atoms with van der Waals surface area (Å²) < 4.78 is 6.62. The standard InChI is InChI=1S/C49H38N2O/c1-3-12-34(13-4-2)38-16-8-17-39(28-38)36-23-25-37(26-24-36)49-51-48-46(43-21-10-18-40(30-43)35-14-6-5-7-15-35)31-45(32-47(48)52-49)42-20-9-19-41(29-42)44-22-11-27-50-33-44/h3,5-33H,4H2,1-2H3/b12-3-,34-13+. The summed E-state index contributed by atoms with van der Waals surface area (Å²) in [4.78, 5) is 9.49. The van der Waals surface area contributed by atoms with Crippen molar-refractivity contribution in [1.82, 2.24) is 9.97 Å². The van der Waals surface area contributed by atoms with E-state index >= 15 is 0 Å². The summed E-state index contributed by atoms with van der Waals surface area (Å²) in [6, 6.07) is 53.4. The Morgan fingerprint density at radius 1 is 0.558 bits per heavy atom. The first-order valence-electron chi connectivity index (χ1n) is 17.8. The van der Waals surface area contributed by atoms with E-state index < -0.39 is 0 Å². The van der Waals surface area contributed by atoms with Gasteiger partial charge in [-0.3, -0.25) is 4.98 Å². The van der Waals surface area contributed by atoms with E-state index in [9.17, 15) is 0 Å². The van der Waals surface area contributed by atoms with E-state index in [2.05, 4.69) is 177 Å². The molecule has 0 aliphatic rings. The first kappa shape index (κ1) is 32.6. The maximum atomic E-state index is 6.62. The van der Waals surface area contributed by atoms with Gasteiger partial charge in [0.05, 0.1) is 0 Å². The number of aromatic nitrogens is 2. The fourth-order valence-corrected chi connectivity index (χ4v) is 6.81. The first-order chi connectivity index (χ1) is 25.7. The average Bonchev–Trinajstić information content (AvgIpc) is 3.66. The zero-order chi connectivity index (χ0) is 35.3. The summed E-state index contributed by atoms with van der Waals surface area (Å²) in [5, 5.41) is 0. The minimum absolute atomic E-state index is 0.596. The molecule has 0 unspecified atom stereocenters. The normalized spacial score (nSPS) is 11.8. The number of nitrogens with zero attached hydrogens (tertiary/aromatic N) is 2. The molecular formula is C49H38N2O. The van der Waals surface area contributed by atoms with Crippen molar-refractivity contribution in [2.75, 3.05) is 0 Å². The minimum Gasteiger partial charge on any atom is -0.436 e. The number of hydrogen-bond acceptors (Lipinski definition) is 3. The molecule has 250 valence electrons. The van der Waals surface area contributed by atoms with Gasteiger partial charge in [-0.15, -0.1) is 0 Å². The van der Waals surface area contributed by atoms with E-state index in [0.29, 0.717) is 5.89 Å². The highest BCUT2D eigenvalue weighted by atomic mass is 16.3. The molecule has 0 aliphatic heterocycles. The molecule has 2 heterocycles. The molecule has 0 spiro atoms. The van der Waals surface area contributed by atoms with Gasteiger partial charge in [-0.2, -0.15) is 0 Å². The van der Waals surface area contributed by atoms with Crippen molar-refractivity contribution in [3.63, 3.8) is 0 Å². The molecular weight excluding hydrogens is 633 g/mol. The summed E-state index contributed by atoms with van der Waals surface area (Å²) in [6.07, 6.45) is 11.2. The summed E-state index contributed by atoms with van der Waals surface area (Å²) in [6.45, 7) is 4.23. The molecule has 3 nitrogen and oxygen atoms in total. The molecule has 52 heavy (non-hydrogen) atoms. The Labute approximate surface area is 305 Å². The van der Waals surface area contributed by atoms with Crippen molar-refractivity contribution in [1.29, 1.82) is 0 Å². The second-order valence-corrected chi connectivity index (χ2v) is 12.9. The largest absolute Gasteiger partial charge is 0.436 e. The van der Waals surface area contributed by atoms with Crippen molar-refractivity contribution in [3.8, 4) is 67.1 Å². The van der Waals surface area contributed by atoms with E-state index in [1.807, 2.05) is 18.3 Å². The molecule has 0 aliphatic carbocycles. The maximum absolute atomic E-state index is 6.62. The molecule has 2 aromatic heterocycles. The van der Waals surface area contributed by atoms with Crippen LogP contribution in [-0.4, -0.2) is 9.97 Å². The van der Waals surface area contributed by atoms with Crippen LogP contribution >= 0.6 is 0 Å². The summed E-state index contributed by atoms with van der Waals surface area (Å²) in [5.74, 6) is 0.596. The Balaban J connectivity index is 1.21. The molecule has 0 bridgehead atoms. The van der Waals surface area contributed by atoms with E-state index in [0.717, 1.165) is 67.6 Å². The van der Waals surface area contributed by atoms with Crippen LogP contribution < -0.4 is 0 Å². The zero-order valence-corrected chi connectivity index (χ0v) is 29.3. The number of oxazole rings is 1. The SMILES string of the molecule is C/C=C\C(=C/CC)c1cccc(-c2ccc(-c3nc4c(-c5cccc(-c6ccccc6)c5)cc(-c5cccc(-c6cccnc6)c5)cc4o3)cc2)c1. The molecule has 0 radical (unpaired) electrons. The molecule has 0 fully saturated rings. The topological polar surface area (TPSA) is 38.9 Å². The number of allylic oxidation sites excluding steroid dienone is 4. The van der Waals surface area contributed by atoms with Gasteiger partial charge in [-0.05, 0) is 118 Å². The lowest BCUT2D eigenvalue weighted by atomic mass is 9.94. The molecule has 0 N–H and O–H groups in total. The molecule has 3 heteroatoms. The zero-order valence-electron chi connectivity index (χ0n) is 29.3. The van der Waals surface area contributed by atoms with Gasteiger partial charge >= 0.3 is 0 Å². The van der Waals surface area contributed by atoms with Crippen molar-refractivity contribution in [2.45, 2.75) is 20.3 Å². The van der Waals surface area contributed by atoms with Crippen LogP contribution in [-0.2, 0) is 0 Å². The maximum Gasteiger partial charge on any atom is 0.227 e. The smallest absolute Gasteiger partial charge is 0.227 e. The second-order valence-electron chi connectivity index (χ2n) is 12.9. The van der Waals surface area contributed by atoms with Crippen molar-refractivity contribution >= 4 is 16.7 Å². The van der Waals surface area contributed by atoms with Crippen LogP contribution in [0.15, 0.2) is 187 Å². The van der Waals surface area contributed by atoms with Crippen LogP contribution in [0.5, 0.6) is 0 Å². The first-order valence-corrected chi connectivity index (χ1v) is 17.8. The fraction of sp³-hybridized carbons (Fsp3) is 0.0612. The Morgan fingerprint density at radius 3 is 1.90 bits per heavy atom. The number of rotatable bonds is 9. The summed E-state index contributed by atoms with van der Waals surface area (Å²) in [7, 11) is 0. The number of hydrogen-bond donors (Lipinski definition) is 0. The lowest BCUT2D eigenvalue weighted by molar-refractivity contribution is 0.620. The monoisotopic (exact) mass is 670 g/mol. The average molecular weight is 671 g/mol. The quantitative estimate of drug-likeness (QED) is 0.143. The van der Waals surface area contributed by atoms with Crippen LogP contribution in [0.25, 0.3) is 83.8 Å². The van der Waals surface area contributed by atoms with Gasteiger partial charge < -0.3 is 4.42 Å². The second kappa shape index (κ2) is 14.7. The van der Waals surface area contributed by atoms with Crippen LogP contribution in [0.1, 0.15) is 25.8 Å². The van der Waals surface area contributed by atoms with Gasteiger partial charge in [-0.1, -0.05) is 128 Å². The molecule has 0 amide bonds. The molecule has 0 saturated carbocycles. The number of pyridine rings is 1. The number of fused-ring (bicyclic) bond motifs is 1. The highest BCUT2D eigenvalue weighted by molar-refractivity contribution is 5.97. The summed E-state index contributed by atoms with van der Waals surface area (Å²) in [5.41, 5.74) is 16.1. The molecule has 6 aromatic carbocycles. The van der Waals surface area contributed by atoms with E-state index in [1.54, 1.807) is 6.20 Å². The molecule has 0 atom stereocenters. The number of benzene rings is 6. The Kier molecular flexibility index (Phi) is 9.23. The van der Waals surface area contributed by atoms with E-state index in [-0.39, 0.29) is 0 Å². The van der Waals surface area contributed by atoms with E-state index in [1.165, 1.54) is 22.3 Å². The Bertz CT molecular complexity index is 2540. The van der Waals surface area contributed by atoms with Gasteiger partial charge in [0.15, 0.2) is 5.58 Å². The van der Waals surface area contributed by atoms with Crippen molar-refractivity contribution < 1.29 is 4.42 Å². The molecule has 8 aromatic rings. The predicted octanol–water partition coefficient (Wildman–Crippen LogP) is 13.6. The highest BCUT2D eigenvalue weighted by Crippen LogP contribution is 2.39. The van der Waals surface area contributed by atoms with Gasteiger partial charge in [0.25, 0.3) is 0 Å². The molecule has 0 saturated heterocycles. The van der Waals surface area contributed by atoms with Crippen molar-refractivity contribution in [2.24, 2.45) is 0 Å². The third-order valence-corrected chi connectivity index (χ3v) is 9.40. The Hall–Kier alpha value is -6.58. The lowest BCUT2D eigenvalue weighted by Gasteiger charge is -2.10. The third-order valence-electron chi connectivity index (χ3n) is 9.40.